The monoisotopic (exact) mass is 485 g/mol. The standard InChI is InChI=1S/C24H25ClN4O5/c1-2-32-24(31)23-22(17-11-19-20(34-14-33-19)12-18(17)26-23)27-21(30)13-28-6-8-29(9-7-28)16-5-3-4-15(25)10-16/h3-5,10-12,26H,2,6-9,13-14H2,1H3,(H,27,30)/p+1. The van der Waals surface area contributed by atoms with Crippen molar-refractivity contribution < 1.29 is 28.7 Å². The second-order valence-corrected chi connectivity index (χ2v) is 8.72. The van der Waals surface area contributed by atoms with Gasteiger partial charge in [-0.3, -0.25) is 4.79 Å². The van der Waals surface area contributed by atoms with Crippen molar-refractivity contribution in [2.45, 2.75) is 6.92 Å². The number of halogens is 1. The summed E-state index contributed by atoms with van der Waals surface area (Å²) in [7, 11) is 0. The number of nitrogens with zero attached hydrogens (tertiary/aromatic N) is 1. The molecule has 2 aromatic carbocycles. The summed E-state index contributed by atoms with van der Waals surface area (Å²) in [6.07, 6.45) is 0. The molecule has 0 radical (unpaired) electrons. The molecule has 9 nitrogen and oxygen atoms in total. The highest BCUT2D eigenvalue weighted by atomic mass is 35.5. The van der Waals surface area contributed by atoms with Gasteiger partial charge in [-0.15, -0.1) is 0 Å². The van der Waals surface area contributed by atoms with Gasteiger partial charge in [0.15, 0.2) is 18.0 Å². The maximum Gasteiger partial charge on any atom is 0.356 e. The summed E-state index contributed by atoms with van der Waals surface area (Å²) in [6.45, 7) is 5.68. The van der Waals surface area contributed by atoms with Gasteiger partial charge >= 0.3 is 5.97 Å². The fourth-order valence-electron chi connectivity index (χ4n) is 4.41. The minimum Gasteiger partial charge on any atom is -0.461 e. The third kappa shape index (κ3) is 4.49. The van der Waals surface area contributed by atoms with Crippen LogP contribution >= 0.6 is 11.6 Å². The Morgan fingerprint density at radius 3 is 2.68 bits per heavy atom. The van der Waals surface area contributed by atoms with Crippen LogP contribution in [0.25, 0.3) is 10.9 Å². The van der Waals surface area contributed by atoms with Crippen molar-refractivity contribution in [3.05, 3.63) is 47.1 Å². The summed E-state index contributed by atoms with van der Waals surface area (Å²) >= 11 is 6.12. The minimum absolute atomic E-state index is 0.138. The fourth-order valence-corrected chi connectivity index (χ4v) is 4.60. The number of fused-ring (bicyclic) bond motifs is 2. The lowest BCUT2D eigenvalue weighted by molar-refractivity contribution is -0.892. The normalized spacial score (nSPS) is 15.5. The van der Waals surface area contributed by atoms with Gasteiger partial charge in [0, 0.05) is 22.2 Å². The van der Waals surface area contributed by atoms with E-state index < -0.39 is 5.97 Å². The average molecular weight is 486 g/mol. The van der Waals surface area contributed by atoms with E-state index in [1.54, 1.807) is 19.1 Å². The number of benzene rings is 2. The fraction of sp³-hybridized carbons (Fsp3) is 0.333. The van der Waals surface area contributed by atoms with E-state index in [4.69, 9.17) is 25.8 Å². The van der Waals surface area contributed by atoms with E-state index in [2.05, 4.69) is 15.2 Å². The highest BCUT2D eigenvalue weighted by Crippen LogP contribution is 2.40. The number of esters is 1. The third-order valence-electron chi connectivity index (χ3n) is 6.09. The molecule has 10 heteroatoms. The lowest BCUT2D eigenvalue weighted by atomic mass is 10.2. The van der Waals surface area contributed by atoms with Crippen molar-refractivity contribution in [1.29, 1.82) is 0 Å². The number of amides is 1. The smallest absolute Gasteiger partial charge is 0.356 e. The molecule has 2 aliphatic rings. The van der Waals surface area contributed by atoms with Crippen molar-refractivity contribution in [2.24, 2.45) is 0 Å². The SMILES string of the molecule is CCOC(=O)c1[nH]c2cc3c(cc2c1NC(=O)C[NH+]1CCN(c2cccc(Cl)c2)CC1)OCO3. The Morgan fingerprint density at radius 2 is 1.94 bits per heavy atom. The van der Waals surface area contributed by atoms with Gasteiger partial charge in [0.25, 0.3) is 5.91 Å². The van der Waals surface area contributed by atoms with Gasteiger partial charge in [0.05, 0.1) is 44.0 Å². The zero-order valence-corrected chi connectivity index (χ0v) is 19.5. The molecule has 2 aliphatic heterocycles. The molecule has 0 spiro atoms. The van der Waals surface area contributed by atoms with Crippen LogP contribution in [-0.2, 0) is 9.53 Å². The van der Waals surface area contributed by atoms with Crippen molar-refractivity contribution in [1.82, 2.24) is 4.98 Å². The van der Waals surface area contributed by atoms with Crippen molar-refractivity contribution >= 4 is 45.8 Å². The number of carbonyl (C=O) groups excluding carboxylic acids is 2. The van der Waals surface area contributed by atoms with Gasteiger partial charge in [-0.2, -0.15) is 0 Å². The molecule has 3 N–H and O–H groups in total. The lowest BCUT2D eigenvalue weighted by Crippen LogP contribution is -3.15. The molecule has 0 saturated carbocycles. The Bertz CT molecular complexity index is 1240. The van der Waals surface area contributed by atoms with Crippen LogP contribution in [0.4, 0.5) is 11.4 Å². The summed E-state index contributed by atoms with van der Waals surface area (Å²) in [4.78, 5) is 32.1. The minimum atomic E-state index is -0.529. The van der Waals surface area contributed by atoms with Gasteiger partial charge < -0.3 is 34.3 Å². The largest absolute Gasteiger partial charge is 0.461 e. The van der Waals surface area contributed by atoms with E-state index >= 15 is 0 Å². The number of quaternary nitrogens is 1. The molecule has 34 heavy (non-hydrogen) atoms. The number of anilines is 2. The third-order valence-corrected chi connectivity index (χ3v) is 6.33. The Kier molecular flexibility index (Phi) is 6.21. The second kappa shape index (κ2) is 9.44. The summed E-state index contributed by atoms with van der Waals surface area (Å²) < 4.78 is 16.1. The van der Waals surface area contributed by atoms with Crippen molar-refractivity contribution in [3.63, 3.8) is 0 Å². The Morgan fingerprint density at radius 1 is 1.18 bits per heavy atom. The predicted molar refractivity (Wildman–Crippen MR) is 128 cm³/mol. The van der Waals surface area contributed by atoms with Crippen LogP contribution < -0.4 is 24.6 Å². The molecule has 1 aromatic heterocycles. The zero-order chi connectivity index (χ0) is 23.7. The highest BCUT2D eigenvalue weighted by Gasteiger charge is 2.27. The second-order valence-electron chi connectivity index (χ2n) is 8.29. The van der Waals surface area contributed by atoms with E-state index in [0.717, 1.165) is 31.9 Å². The Hall–Kier alpha value is -3.43. The highest BCUT2D eigenvalue weighted by molar-refractivity contribution is 6.30. The van der Waals surface area contributed by atoms with Crippen LogP contribution in [-0.4, -0.2) is 63.0 Å². The van der Waals surface area contributed by atoms with Crippen LogP contribution in [0.2, 0.25) is 5.02 Å². The molecule has 0 unspecified atom stereocenters. The molecule has 1 amide bonds. The topological polar surface area (TPSA) is 97.3 Å². The predicted octanol–water partition coefficient (Wildman–Crippen LogP) is 2.07. The average Bonchev–Trinajstić information content (AvgIpc) is 3.42. The number of H-pyrrole nitrogens is 1. The van der Waals surface area contributed by atoms with Gasteiger partial charge in [0.1, 0.15) is 5.69 Å². The molecule has 1 saturated heterocycles. The molecule has 0 aliphatic carbocycles. The Labute approximate surface area is 201 Å². The van der Waals surface area contributed by atoms with E-state index in [0.29, 0.717) is 39.7 Å². The molecule has 0 bridgehead atoms. The Balaban J connectivity index is 1.29. The first-order chi connectivity index (χ1) is 16.5. The van der Waals surface area contributed by atoms with Crippen molar-refractivity contribution in [2.75, 3.05) is 56.3 Å². The molecule has 178 valence electrons. The maximum absolute atomic E-state index is 13.0. The molecule has 1 fully saturated rings. The first-order valence-electron chi connectivity index (χ1n) is 11.3. The van der Waals surface area contributed by atoms with Crippen LogP contribution in [0.1, 0.15) is 17.4 Å². The molecule has 0 atom stereocenters. The van der Waals surface area contributed by atoms with Gasteiger partial charge in [0.2, 0.25) is 6.79 Å². The van der Waals surface area contributed by atoms with Crippen LogP contribution in [0.15, 0.2) is 36.4 Å². The number of ether oxygens (including phenoxy) is 3. The quantitative estimate of drug-likeness (QED) is 0.462. The molecule has 5 rings (SSSR count). The number of carbonyl (C=O) groups is 2. The van der Waals surface area contributed by atoms with E-state index in [1.165, 1.54) is 4.90 Å². The number of hydrogen-bond acceptors (Lipinski definition) is 6. The van der Waals surface area contributed by atoms with E-state index in [-0.39, 0.29) is 25.0 Å². The summed E-state index contributed by atoms with van der Waals surface area (Å²) in [5, 5.41) is 4.32. The van der Waals surface area contributed by atoms with Gasteiger partial charge in [-0.25, -0.2) is 4.79 Å². The summed E-state index contributed by atoms with van der Waals surface area (Å²) in [6, 6.07) is 11.3. The first kappa shape index (κ1) is 22.4. The molecule has 3 heterocycles. The molecular weight excluding hydrogens is 460 g/mol. The first-order valence-corrected chi connectivity index (χ1v) is 11.7. The zero-order valence-electron chi connectivity index (χ0n) is 18.8. The number of hydrogen-bond donors (Lipinski definition) is 3. The number of aromatic amines is 1. The van der Waals surface area contributed by atoms with Crippen LogP contribution in [0.3, 0.4) is 0 Å². The van der Waals surface area contributed by atoms with E-state index in [9.17, 15) is 9.59 Å². The lowest BCUT2D eigenvalue weighted by Gasteiger charge is -2.33. The van der Waals surface area contributed by atoms with Crippen molar-refractivity contribution in [3.8, 4) is 11.5 Å². The van der Waals surface area contributed by atoms with Gasteiger partial charge in [-0.1, -0.05) is 17.7 Å². The number of nitrogens with one attached hydrogen (secondary N) is 3. The number of piperazine rings is 1. The summed E-state index contributed by atoms with van der Waals surface area (Å²) in [5.41, 5.74) is 2.35. The summed E-state index contributed by atoms with van der Waals surface area (Å²) in [5.74, 6) is 0.457. The maximum atomic E-state index is 13.0. The van der Waals surface area contributed by atoms with Crippen LogP contribution in [0, 0.1) is 0 Å². The molecule has 3 aromatic rings. The molecular formula is C24H26ClN4O5+. The van der Waals surface area contributed by atoms with E-state index in [1.807, 2.05) is 24.3 Å². The number of aromatic nitrogens is 1. The van der Waals surface area contributed by atoms with Gasteiger partial charge in [-0.05, 0) is 31.2 Å². The number of rotatable bonds is 6. The van der Waals surface area contributed by atoms with Crippen LogP contribution in [0.5, 0.6) is 11.5 Å².